The fourth-order valence-electron chi connectivity index (χ4n) is 4.68. The fraction of sp³-hybridized carbons (Fsp3) is 0.625. The number of rotatable bonds is 9. The first-order chi connectivity index (χ1) is 16.1. The van der Waals surface area contributed by atoms with Crippen molar-refractivity contribution in [2.24, 2.45) is 0 Å². The van der Waals surface area contributed by atoms with E-state index in [1.54, 1.807) is 13.2 Å². The molecule has 1 aliphatic heterocycles. The SMILES string of the molecule is CCN1CCCC1CNc1nc(Nc2ccc(OC)c(Cl)c2)nc(OC2CCCCCC2)n1. The number of likely N-dealkylation sites (tertiary alicyclic amines) is 1. The number of nitrogens with one attached hydrogen (secondary N) is 2. The smallest absolute Gasteiger partial charge is 0.323 e. The van der Waals surface area contributed by atoms with Gasteiger partial charge in [0.1, 0.15) is 11.9 Å². The zero-order valence-corrected chi connectivity index (χ0v) is 20.4. The van der Waals surface area contributed by atoms with E-state index in [9.17, 15) is 0 Å². The molecule has 2 aliphatic rings. The van der Waals surface area contributed by atoms with Gasteiger partial charge >= 0.3 is 6.01 Å². The topological polar surface area (TPSA) is 84.4 Å². The molecule has 180 valence electrons. The molecule has 33 heavy (non-hydrogen) atoms. The van der Waals surface area contributed by atoms with Crippen LogP contribution in [0.4, 0.5) is 17.6 Å². The fourth-order valence-corrected chi connectivity index (χ4v) is 4.94. The van der Waals surface area contributed by atoms with Crippen molar-refractivity contribution in [3.8, 4) is 11.8 Å². The number of methoxy groups -OCH3 is 1. The largest absolute Gasteiger partial charge is 0.495 e. The Balaban J connectivity index is 1.52. The molecule has 9 heteroatoms. The summed E-state index contributed by atoms with van der Waals surface area (Å²) in [6, 6.07) is 6.34. The normalized spacial score (nSPS) is 19.8. The molecule has 1 saturated carbocycles. The number of benzene rings is 1. The van der Waals surface area contributed by atoms with Crippen LogP contribution in [0.1, 0.15) is 58.3 Å². The van der Waals surface area contributed by atoms with Gasteiger partial charge in [-0.25, -0.2) is 0 Å². The summed E-state index contributed by atoms with van der Waals surface area (Å²) in [6.45, 7) is 5.22. The molecule has 1 atom stereocenters. The molecule has 2 aromatic rings. The third-order valence-electron chi connectivity index (χ3n) is 6.50. The Morgan fingerprint density at radius 2 is 1.82 bits per heavy atom. The van der Waals surface area contributed by atoms with Gasteiger partial charge in [-0.1, -0.05) is 31.4 Å². The predicted octanol–water partition coefficient (Wildman–Crippen LogP) is 5.28. The van der Waals surface area contributed by atoms with Gasteiger partial charge < -0.3 is 20.1 Å². The molecule has 1 aromatic heterocycles. The molecule has 2 heterocycles. The Hall–Kier alpha value is -2.32. The van der Waals surface area contributed by atoms with Crippen LogP contribution in [0.25, 0.3) is 0 Å². The van der Waals surface area contributed by atoms with E-state index in [-0.39, 0.29) is 6.10 Å². The molecule has 2 N–H and O–H groups in total. The van der Waals surface area contributed by atoms with E-state index in [0.717, 1.165) is 38.2 Å². The Kier molecular flexibility index (Phi) is 8.45. The number of hydrogen-bond donors (Lipinski definition) is 2. The van der Waals surface area contributed by atoms with Crippen LogP contribution >= 0.6 is 11.6 Å². The molecule has 1 aromatic carbocycles. The molecular weight excluding hydrogens is 440 g/mol. The Morgan fingerprint density at radius 3 is 2.55 bits per heavy atom. The average molecular weight is 475 g/mol. The third-order valence-corrected chi connectivity index (χ3v) is 6.79. The highest BCUT2D eigenvalue weighted by Crippen LogP contribution is 2.29. The van der Waals surface area contributed by atoms with Gasteiger partial charge in [0.15, 0.2) is 0 Å². The van der Waals surface area contributed by atoms with Crippen molar-refractivity contribution in [3.05, 3.63) is 23.2 Å². The number of nitrogens with zero attached hydrogens (tertiary/aromatic N) is 4. The molecule has 0 radical (unpaired) electrons. The molecule has 8 nitrogen and oxygen atoms in total. The number of anilines is 3. The summed E-state index contributed by atoms with van der Waals surface area (Å²) in [5.41, 5.74) is 0.770. The number of likely N-dealkylation sites (N-methyl/N-ethyl adjacent to an activating group) is 1. The number of halogens is 1. The highest BCUT2D eigenvalue weighted by atomic mass is 35.5. The van der Waals surface area contributed by atoms with Crippen molar-refractivity contribution < 1.29 is 9.47 Å². The summed E-state index contributed by atoms with van der Waals surface area (Å²) >= 11 is 6.29. The minimum absolute atomic E-state index is 0.149. The van der Waals surface area contributed by atoms with Gasteiger partial charge in [0, 0.05) is 18.3 Å². The first-order valence-electron chi connectivity index (χ1n) is 12.2. The minimum Gasteiger partial charge on any atom is -0.495 e. The molecule has 0 spiro atoms. The lowest BCUT2D eigenvalue weighted by Gasteiger charge is -2.23. The average Bonchev–Trinajstić information content (AvgIpc) is 3.12. The lowest BCUT2D eigenvalue weighted by molar-refractivity contribution is 0.168. The summed E-state index contributed by atoms with van der Waals surface area (Å²) in [6.07, 6.45) is 9.56. The molecule has 1 saturated heterocycles. The van der Waals surface area contributed by atoms with E-state index in [2.05, 4.69) is 37.4 Å². The van der Waals surface area contributed by atoms with Crippen molar-refractivity contribution in [2.75, 3.05) is 37.4 Å². The van der Waals surface area contributed by atoms with Gasteiger partial charge in [0.25, 0.3) is 0 Å². The summed E-state index contributed by atoms with van der Waals surface area (Å²) in [7, 11) is 1.60. The maximum absolute atomic E-state index is 6.29. The van der Waals surface area contributed by atoms with E-state index in [1.807, 2.05) is 12.1 Å². The van der Waals surface area contributed by atoms with Crippen LogP contribution in [-0.4, -0.2) is 58.7 Å². The van der Waals surface area contributed by atoms with Crippen molar-refractivity contribution in [3.63, 3.8) is 0 Å². The van der Waals surface area contributed by atoms with Gasteiger partial charge in [0.2, 0.25) is 11.9 Å². The second-order valence-corrected chi connectivity index (χ2v) is 9.18. The summed E-state index contributed by atoms with van der Waals surface area (Å²) in [5.74, 6) is 1.57. The first kappa shape index (κ1) is 23.8. The van der Waals surface area contributed by atoms with E-state index < -0.39 is 0 Å². The molecule has 1 unspecified atom stereocenters. The first-order valence-corrected chi connectivity index (χ1v) is 12.5. The van der Waals surface area contributed by atoms with Crippen molar-refractivity contribution in [1.82, 2.24) is 19.9 Å². The van der Waals surface area contributed by atoms with Crippen LogP contribution in [0.2, 0.25) is 5.02 Å². The molecule has 0 amide bonds. The van der Waals surface area contributed by atoms with Gasteiger partial charge in [-0.2, -0.15) is 15.0 Å². The van der Waals surface area contributed by atoms with Crippen molar-refractivity contribution >= 4 is 29.2 Å². The van der Waals surface area contributed by atoms with Crippen LogP contribution in [0.5, 0.6) is 11.8 Å². The van der Waals surface area contributed by atoms with Gasteiger partial charge in [-0.05, 0) is 69.8 Å². The second-order valence-electron chi connectivity index (χ2n) is 8.78. The lowest BCUT2D eigenvalue weighted by atomic mass is 10.2. The van der Waals surface area contributed by atoms with Crippen molar-refractivity contribution in [1.29, 1.82) is 0 Å². The molecule has 2 fully saturated rings. The third kappa shape index (κ3) is 6.60. The quantitative estimate of drug-likeness (QED) is 0.475. The van der Waals surface area contributed by atoms with E-state index in [0.29, 0.717) is 34.7 Å². The van der Waals surface area contributed by atoms with E-state index in [4.69, 9.17) is 21.1 Å². The zero-order valence-electron chi connectivity index (χ0n) is 19.6. The Morgan fingerprint density at radius 1 is 1.03 bits per heavy atom. The predicted molar refractivity (Wildman–Crippen MR) is 132 cm³/mol. The standard InChI is InChI=1S/C24H35ClN6O2/c1-3-31-14-8-9-18(31)16-26-22-28-23(27-17-12-13-21(32-2)20(25)15-17)30-24(29-22)33-19-10-6-4-5-7-11-19/h12-13,15,18-19H,3-11,14,16H2,1-2H3,(H2,26,27,28,29,30). The number of aromatic nitrogens is 3. The Labute approximate surface area is 201 Å². The van der Waals surface area contributed by atoms with Gasteiger partial charge in [-0.15, -0.1) is 0 Å². The van der Waals surface area contributed by atoms with Crippen LogP contribution in [0, 0.1) is 0 Å². The lowest BCUT2D eigenvalue weighted by Crippen LogP contribution is -2.35. The Bertz CT molecular complexity index is 907. The maximum Gasteiger partial charge on any atom is 0.323 e. The maximum atomic E-state index is 6.29. The highest BCUT2D eigenvalue weighted by molar-refractivity contribution is 6.32. The number of ether oxygens (including phenoxy) is 2. The van der Waals surface area contributed by atoms with Gasteiger partial charge in [-0.3, -0.25) is 4.90 Å². The monoisotopic (exact) mass is 474 g/mol. The van der Waals surface area contributed by atoms with Gasteiger partial charge in [0.05, 0.1) is 12.1 Å². The molecule has 0 bridgehead atoms. The van der Waals surface area contributed by atoms with Crippen molar-refractivity contribution in [2.45, 2.75) is 70.4 Å². The zero-order chi connectivity index (χ0) is 23.0. The van der Waals surface area contributed by atoms with Crippen LogP contribution in [-0.2, 0) is 0 Å². The van der Waals surface area contributed by atoms with E-state index in [1.165, 1.54) is 38.5 Å². The number of hydrogen-bond acceptors (Lipinski definition) is 8. The van der Waals surface area contributed by atoms with Crippen LogP contribution in [0.15, 0.2) is 18.2 Å². The minimum atomic E-state index is 0.149. The second kappa shape index (κ2) is 11.7. The van der Waals surface area contributed by atoms with Crippen LogP contribution < -0.4 is 20.1 Å². The van der Waals surface area contributed by atoms with E-state index >= 15 is 0 Å². The highest BCUT2D eigenvalue weighted by Gasteiger charge is 2.23. The summed E-state index contributed by atoms with van der Waals surface area (Å²) in [4.78, 5) is 16.3. The molecular formula is C24H35ClN6O2. The van der Waals surface area contributed by atoms with Crippen LogP contribution in [0.3, 0.4) is 0 Å². The summed E-state index contributed by atoms with van der Waals surface area (Å²) in [5, 5.41) is 7.19. The summed E-state index contributed by atoms with van der Waals surface area (Å²) < 4.78 is 11.5. The molecule has 1 aliphatic carbocycles. The molecule has 4 rings (SSSR count).